The third-order valence-corrected chi connectivity index (χ3v) is 3.14. The maximum absolute atomic E-state index is 12.0. The van der Waals surface area contributed by atoms with Crippen LogP contribution in [0.25, 0.3) is 0 Å². The van der Waals surface area contributed by atoms with Crippen molar-refractivity contribution in [1.29, 1.82) is 0 Å². The predicted octanol–water partition coefficient (Wildman–Crippen LogP) is 1.14. The fourth-order valence-electron chi connectivity index (χ4n) is 1.55. The first-order valence-electron chi connectivity index (χ1n) is 6.04. The molecule has 0 bridgehead atoms. The van der Waals surface area contributed by atoms with E-state index in [9.17, 15) is 4.79 Å². The summed E-state index contributed by atoms with van der Waals surface area (Å²) in [6.07, 6.45) is 4.53. The van der Waals surface area contributed by atoms with Crippen LogP contribution in [0.2, 0.25) is 0 Å². The molecule has 0 spiro atoms. The lowest BCUT2D eigenvalue weighted by atomic mass is 9.99. The van der Waals surface area contributed by atoms with Gasteiger partial charge in [-0.2, -0.15) is 5.10 Å². The summed E-state index contributed by atoms with van der Waals surface area (Å²) in [6.45, 7) is 5.37. The van der Waals surface area contributed by atoms with Gasteiger partial charge in [0.25, 0.3) is 0 Å². The van der Waals surface area contributed by atoms with E-state index in [1.165, 1.54) is 0 Å². The molecule has 0 radical (unpaired) electrons. The van der Waals surface area contributed by atoms with Gasteiger partial charge in [0.15, 0.2) is 0 Å². The van der Waals surface area contributed by atoms with E-state index in [-0.39, 0.29) is 24.2 Å². The van der Waals surface area contributed by atoms with Crippen LogP contribution in [0.4, 0.5) is 0 Å². The summed E-state index contributed by atoms with van der Waals surface area (Å²) in [7, 11) is 1.79. The Morgan fingerprint density at radius 2 is 2.22 bits per heavy atom. The molecule has 2 N–H and O–H groups in total. The maximum atomic E-state index is 12.0. The Labute approximate surface area is 115 Å². The molecule has 6 heteroatoms. The molecule has 1 rings (SSSR count). The van der Waals surface area contributed by atoms with Gasteiger partial charge < -0.3 is 10.6 Å². The lowest BCUT2D eigenvalue weighted by Gasteiger charge is -2.24. The van der Waals surface area contributed by atoms with Gasteiger partial charge in [-0.25, -0.2) is 0 Å². The number of amides is 1. The molecule has 0 saturated heterocycles. The van der Waals surface area contributed by atoms with Gasteiger partial charge in [-0.3, -0.25) is 9.48 Å². The van der Waals surface area contributed by atoms with Crippen molar-refractivity contribution in [1.82, 2.24) is 14.7 Å². The van der Waals surface area contributed by atoms with Gasteiger partial charge in [0.05, 0.1) is 12.6 Å². The molecule has 2 unspecified atom stereocenters. The normalized spacial score (nSPS) is 13.6. The van der Waals surface area contributed by atoms with Crippen LogP contribution in [-0.2, 0) is 11.3 Å². The highest BCUT2D eigenvalue weighted by molar-refractivity contribution is 5.85. The van der Waals surface area contributed by atoms with Crippen LogP contribution in [0.3, 0.4) is 0 Å². The Kier molecular flexibility index (Phi) is 7.62. The van der Waals surface area contributed by atoms with Crippen molar-refractivity contribution in [3.05, 3.63) is 18.5 Å². The Balaban J connectivity index is 0.00000289. The topological polar surface area (TPSA) is 64.2 Å². The zero-order valence-electron chi connectivity index (χ0n) is 11.2. The smallest absolute Gasteiger partial charge is 0.239 e. The molecule has 1 aromatic heterocycles. The first kappa shape index (κ1) is 16.9. The highest BCUT2D eigenvalue weighted by atomic mass is 35.5. The monoisotopic (exact) mass is 274 g/mol. The minimum atomic E-state index is -0.400. The summed E-state index contributed by atoms with van der Waals surface area (Å²) in [5.74, 6) is 0.223. The second-order valence-electron chi connectivity index (χ2n) is 4.44. The van der Waals surface area contributed by atoms with E-state index in [0.717, 1.165) is 6.42 Å². The molecule has 104 valence electrons. The summed E-state index contributed by atoms with van der Waals surface area (Å²) in [4.78, 5) is 13.7. The second kappa shape index (κ2) is 8.11. The zero-order valence-corrected chi connectivity index (χ0v) is 12.1. The molecule has 0 aliphatic heterocycles. The van der Waals surface area contributed by atoms with Crippen molar-refractivity contribution in [2.75, 3.05) is 13.6 Å². The van der Waals surface area contributed by atoms with Crippen LogP contribution in [0.15, 0.2) is 18.5 Å². The number of rotatable bonds is 6. The number of hydrogen-bond donors (Lipinski definition) is 1. The summed E-state index contributed by atoms with van der Waals surface area (Å²) in [5, 5.41) is 4.09. The minimum absolute atomic E-state index is 0. The molecule has 2 atom stereocenters. The summed E-state index contributed by atoms with van der Waals surface area (Å²) >= 11 is 0. The largest absolute Gasteiger partial charge is 0.343 e. The van der Waals surface area contributed by atoms with Gasteiger partial charge in [-0.05, 0) is 12.0 Å². The molecule has 0 saturated carbocycles. The highest BCUT2D eigenvalue weighted by Gasteiger charge is 2.22. The number of carbonyl (C=O) groups excluding carboxylic acids is 1. The van der Waals surface area contributed by atoms with Gasteiger partial charge in [0.1, 0.15) is 0 Å². The number of nitrogens with zero attached hydrogens (tertiary/aromatic N) is 3. The molecule has 1 aromatic rings. The number of nitrogens with two attached hydrogens (primary N) is 1. The molecule has 1 heterocycles. The Morgan fingerprint density at radius 1 is 1.56 bits per heavy atom. The summed E-state index contributed by atoms with van der Waals surface area (Å²) in [6, 6.07) is 1.47. The number of aromatic nitrogens is 2. The number of likely N-dealkylation sites (N-methyl/N-ethyl adjacent to an activating group) is 1. The zero-order chi connectivity index (χ0) is 12.8. The van der Waals surface area contributed by atoms with E-state index < -0.39 is 6.04 Å². The van der Waals surface area contributed by atoms with Gasteiger partial charge >= 0.3 is 0 Å². The first-order chi connectivity index (χ1) is 8.06. The van der Waals surface area contributed by atoms with Crippen molar-refractivity contribution in [3.63, 3.8) is 0 Å². The lowest BCUT2D eigenvalue weighted by Crippen LogP contribution is -2.46. The van der Waals surface area contributed by atoms with E-state index in [0.29, 0.717) is 13.1 Å². The van der Waals surface area contributed by atoms with Crippen molar-refractivity contribution >= 4 is 18.3 Å². The number of hydrogen-bond acceptors (Lipinski definition) is 3. The third kappa shape index (κ3) is 4.66. The Hall–Kier alpha value is -1.07. The van der Waals surface area contributed by atoms with E-state index in [4.69, 9.17) is 5.73 Å². The van der Waals surface area contributed by atoms with Crippen LogP contribution in [0.1, 0.15) is 20.3 Å². The second-order valence-corrected chi connectivity index (χ2v) is 4.44. The predicted molar refractivity (Wildman–Crippen MR) is 74.5 cm³/mol. The Morgan fingerprint density at radius 3 is 2.72 bits per heavy atom. The molecule has 0 aliphatic rings. The standard InChI is InChI=1S/C12H22N4O.ClH/c1-4-10(2)11(13)12(17)15(3)8-9-16-7-5-6-14-16;/h5-7,10-11H,4,8-9,13H2,1-3H3;1H. The molecule has 0 aromatic carbocycles. The van der Waals surface area contributed by atoms with E-state index in [1.807, 2.05) is 26.1 Å². The van der Waals surface area contributed by atoms with Gasteiger partial charge in [0.2, 0.25) is 5.91 Å². The summed E-state index contributed by atoms with van der Waals surface area (Å²) < 4.78 is 1.80. The van der Waals surface area contributed by atoms with E-state index in [2.05, 4.69) is 5.10 Å². The molecule has 0 aliphatic carbocycles. The maximum Gasteiger partial charge on any atom is 0.239 e. The van der Waals surface area contributed by atoms with Crippen molar-refractivity contribution in [3.8, 4) is 0 Å². The molecule has 1 amide bonds. The van der Waals surface area contributed by atoms with Crippen molar-refractivity contribution in [2.45, 2.75) is 32.9 Å². The van der Waals surface area contributed by atoms with E-state index in [1.54, 1.807) is 22.8 Å². The van der Waals surface area contributed by atoms with Gasteiger partial charge in [-0.15, -0.1) is 12.4 Å². The fraction of sp³-hybridized carbons (Fsp3) is 0.667. The highest BCUT2D eigenvalue weighted by Crippen LogP contribution is 2.07. The fourth-order valence-corrected chi connectivity index (χ4v) is 1.55. The van der Waals surface area contributed by atoms with Gasteiger partial charge in [-0.1, -0.05) is 20.3 Å². The molecule has 0 fully saturated rings. The first-order valence-corrected chi connectivity index (χ1v) is 6.04. The summed E-state index contributed by atoms with van der Waals surface area (Å²) in [5.41, 5.74) is 5.91. The van der Waals surface area contributed by atoms with Crippen LogP contribution in [0.5, 0.6) is 0 Å². The molecule has 18 heavy (non-hydrogen) atoms. The molecule has 5 nitrogen and oxygen atoms in total. The van der Waals surface area contributed by atoms with Crippen molar-refractivity contribution in [2.24, 2.45) is 11.7 Å². The van der Waals surface area contributed by atoms with Crippen LogP contribution < -0.4 is 5.73 Å². The molecular formula is C12H23ClN4O. The minimum Gasteiger partial charge on any atom is -0.343 e. The number of halogens is 1. The quantitative estimate of drug-likeness (QED) is 0.846. The third-order valence-electron chi connectivity index (χ3n) is 3.14. The average molecular weight is 275 g/mol. The van der Waals surface area contributed by atoms with Crippen LogP contribution in [0, 0.1) is 5.92 Å². The van der Waals surface area contributed by atoms with Crippen LogP contribution in [-0.4, -0.2) is 40.2 Å². The average Bonchev–Trinajstić information content (AvgIpc) is 2.86. The Bertz CT molecular complexity index is 342. The van der Waals surface area contributed by atoms with E-state index >= 15 is 0 Å². The molecular weight excluding hydrogens is 252 g/mol. The van der Waals surface area contributed by atoms with Crippen LogP contribution >= 0.6 is 12.4 Å². The number of carbonyl (C=O) groups is 1. The SMILES string of the molecule is CCC(C)C(N)C(=O)N(C)CCn1cccn1.Cl. The lowest BCUT2D eigenvalue weighted by molar-refractivity contribution is -0.132. The van der Waals surface area contributed by atoms with Crippen molar-refractivity contribution < 1.29 is 4.79 Å². The van der Waals surface area contributed by atoms with Gasteiger partial charge in [0, 0.05) is 26.0 Å².